The molecule has 0 aliphatic carbocycles. The fraction of sp³-hybridized carbons (Fsp3) is 0.125. The third-order valence-electron chi connectivity index (χ3n) is 1.38. The SMILES string of the molecule is Nc1ccc(CC=S)cc1Br. The second-order valence-corrected chi connectivity index (χ2v) is 3.41. The molecule has 2 N–H and O–H groups in total. The third kappa shape index (κ3) is 2.27. The number of halogens is 1. The normalized spacial score (nSPS) is 9.55. The lowest BCUT2D eigenvalue weighted by Gasteiger charge is -1.99. The molecule has 1 aromatic rings. The highest BCUT2D eigenvalue weighted by Gasteiger charge is 1.95. The van der Waals surface area contributed by atoms with Gasteiger partial charge in [-0.3, -0.25) is 0 Å². The van der Waals surface area contributed by atoms with Gasteiger partial charge in [0.15, 0.2) is 0 Å². The average molecular weight is 230 g/mol. The Bertz CT molecular complexity index is 273. The molecular formula is C8H8BrNS. The zero-order valence-corrected chi connectivity index (χ0v) is 8.28. The van der Waals surface area contributed by atoms with Gasteiger partial charge in [0.05, 0.1) is 0 Å². The first-order chi connectivity index (χ1) is 5.24. The maximum Gasteiger partial charge on any atom is 0.0458 e. The number of nitrogen functional groups attached to an aromatic ring is 1. The molecule has 0 saturated heterocycles. The van der Waals surface area contributed by atoms with Crippen LogP contribution >= 0.6 is 28.1 Å². The predicted molar refractivity (Wildman–Crippen MR) is 55.9 cm³/mol. The van der Waals surface area contributed by atoms with E-state index in [1.165, 1.54) is 5.56 Å². The average Bonchev–Trinajstić information content (AvgIpc) is 1.98. The summed E-state index contributed by atoms with van der Waals surface area (Å²) in [7, 11) is 0. The van der Waals surface area contributed by atoms with Crippen molar-refractivity contribution in [3.8, 4) is 0 Å². The molecule has 1 rings (SSSR count). The van der Waals surface area contributed by atoms with Gasteiger partial charge >= 0.3 is 0 Å². The van der Waals surface area contributed by atoms with Crippen molar-refractivity contribution in [1.29, 1.82) is 0 Å². The number of anilines is 1. The van der Waals surface area contributed by atoms with Crippen molar-refractivity contribution in [2.24, 2.45) is 0 Å². The lowest BCUT2D eigenvalue weighted by molar-refractivity contribution is 1.37. The van der Waals surface area contributed by atoms with Crippen molar-refractivity contribution in [3.05, 3.63) is 28.2 Å². The zero-order valence-electron chi connectivity index (χ0n) is 5.88. The molecule has 1 nitrogen and oxygen atoms in total. The molecule has 0 amide bonds. The number of hydrogen-bond acceptors (Lipinski definition) is 2. The van der Waals surface area contributed by atoms with Crippen molar-refractivity contribution in [2.75, 3.05) is 5.73 Å². The highest BCUT2D eigenvalue weighted by Crippen LogP contribution is 2.20. The first-order valence-electron chi connectivity index (χ1n) is 3.21. The van der Waals surface area contributed by atoms with E-state index in [0.717, 1.165) is 16.6 Å². The van der Waals surface area contributed by atoms with Gasteiger partial charge in [-0.2, -0.15) is 0 Å². The monoisotopic (exact) mass is 229 g/mol. The Hall–Kier alpha value is -0.410. The van der Waals surface area contributed by atoms with E-state index in [1.807, 2.05) is 18.2 Å². The van der Waals surface area contributed by atoms with Crippen LogP contribution in [0.3, 0.4) is 0 Å². The van der Waals surface area contributed by atoms with Crippen LogP contribution in [0, 0.1) is 0 Å². The minimum atomic E-state index is 0.762. The van der Waals surface area contributed by atoms with E-state index in [-0.39, 0.29) is 0 Å². The fourth-order valence-corrected chi connectivity index (χ4v) is 1.41. The smallest absolute Gasteiger partial charge is 0.0458 e. The molecule has 0 fully saturated rings. The lowest BCUT2D eigenvalue weighted by Crippen LogP contribution is -1.89. The Kier molecular flexibility index (Phi) is 3.02. The first-order valence-corrected chi connectivity index (χ1v) is 4.48. The molecule has 0 saturated carbocycles. The van der Waals surface area contributed by atoms with E-state index in [9.17, 15) is 0 Å². The molecule has 0 unspecified atom stereocenters. The van der Waals surface area contributed by atoms with Gasteiger partial charge in [-0.05, 0) is 39.0 Å². The molecule has 3 heteroatoms. The Morgan fingerprint density at radius 3 is 2.82 bits per heavy atom. The van der Waals surface area contributed by atoms with Crippen LogP contribution in [0.2, 0.25) is 0 Å². The first kappa shape index (κ1) is 8.68. The summed E-state index contributed by atoms with van der Waals surface area (Å²) in [6.07, 6.45) is 0.814. The van der Waals surface area contributed by atoms with E-state index in [1.54, 1.807) is 5.37 Å². The van der Waals surface area contributed by atoms with Gasteiger partial charge in [-0.1, -0.05) is 18.3 Å². The van der Waals surface area contributed by atoms with Crippen molar-refractivity contribution in [1.82, 2.24) is 0 Å². The summed E-state index contributed by atoms with van der Waals surface area (Å²) in [6, 6.07) is 5.83. The molecule has 0 spiro atoms. The van der Waals surface area contributed by atoms with Gasteiger partial charge in [-0.25, -0.2) is 0 Å². The van der Waals surface area contributed by atoms with E-state index in [0.29, 0.717) is 0 Å². The molecule has 0 atom stereocenters. The van der Waals surface area contributed by atoms with Gasteiger partial charge in [0.25, 0.3) is 0 Å². The summed E-state index contributed by atoms with van der Waals surface area (Å²) in [5, 5.41) is 1.71. The van der Waals surface area contributed by atoms with Gasteiger partial charge in [0.1, 0.15) is 0 Å². The molecular weight excluding hydrogens is 222 g/mol. The van der Waals surface area contributed by atoms with Crippen LogP contribution in [0.15, 0.2) is 22.7 Å². The zero-order chi connectivity index (χ0) is 8.27. The van der Waals surface area contributed by atoms with Crippen molar-refractivity contribution in [3.63, 3.8) is 0 Å². The second kappa shape index (κ2) is 3.83. The minimum absolute atomic E-state index is 0.762. The third-order valence-corrected chi connectivity index (χ3v) is 2.24. The van der Waals surface area contributed by atoms with Crippen LogP contribution in [0.4, 0.5) is 5.69 Å². The molecule has 0 aliphatic heterocycles. The summed E-state index contributed by atoms with van der Waals surface area (Å²) in [6.45, 7) is 0. The highest BCUT2D eigenvalue weighted by atomic mass is 79.9. The Labute approximate surface area is 79.7 Å². The van der Waals surface area contributed by atoms with Gasteiger partial charge in [0.2, 0.25) is 0 Å². The molecule has 11 heavy (non-hydrogen) atoms. The van der Waals surface area contributed by atoms with E-state index in [2.05, 4.69) is 15.9 Å². The quantitative estimate of drug-likeness (QED) is 0.624. The molecule has 0 radical (unpaired) electrons. The van der Waals surface area contributed by atoms with Gasteiger partial charge in [-0.15, -0.1) is 0 Å². The fourth-order valence-electron chi connectivity index (χ4n) is 0.794. The maximum atomic E-state index is 5.60. The topological polar surface area (TPSA) is 26.0 Å². The van der Waals surface area contributed by atoms with E-state index in [4.69, 9.17) is 18.0 Å². The Balaban J connectivity index is 2.95. The minimum Gasteiger partial charge on any atom is -0.398 e. The molecule has 0 aliphatic rings. The standard InChI is InChI=1S/C8H8BrNS/c9-7-5-6(3-4-11)1-2-8(7)10/h1-2,4-5H,3,10H2. The molecule has 1 aromatic carbocycles. The van der Waals surface area contributed by atoms with Crippen molar-refractivity contribution in [2.45, 2.75) is 6.42 Å². The predicted octanol–water partition coefficient (Wildman–Crippen LogP) is 2.57. The number of benzene rings is 1. The second-order valence-electron chi connectivity index (χ2n) is 2.23. The van der Waals surface area contributed by atoms with Crippen LogP contribution < -0.4 is 5.73 Å². The summed E-state index contributed by atoms with van der Waals surface area (Å²) in [4.78, 5) is 0. The number of hydrogen-bond donors (Lipinski definition) is 1. The van der Waals surface area contributed by atoms with Crippen LogP contribution in [-0.4, -0.2) is 5.37 Å². The van der Waals surface area contributed by atoms with Crippen LogP contribution in [0.5, 0.6) is 0 Å². The summed E-state index contributed by atoms with van der Waals surface area (Å²) < 4.78 is 0.937. The van der Waals surface area contributed by atoms with Crippen LogP contribution in [-0.2, 0) is 6.42 Å². The summed E-state index contributed by atoms with van der Waals surface area (Å²) in [5.41, 5.74) is 7.55. The van der Waals surface area contributed by atoms with Gasteiger partial charge < -0.3 is 5.73 Å². The number of nitrogens with two attached hydrogens (primary N) is 1. The Morgan fingerprint density at radius 2 is 2.27 bits per heavy atom. The lowest BCUT2D eigenvalue weighted by atomic mass is 10.2. The Morgan fingerprint density at radius 1 is 1.55 bits per heavy atom. The number of thiocarbonyl (C=S) groups is 1. The molecule has 0 heterocycles. The molecule has 58 valence electrons. The summed E-state index contributed by atoms with van der Waals surface area (Å²) in [5.74, 6) is 0. The van der Waals surface area contributed by atoms with Crippen molar-refractivity contribution < 1.29 is 0 Å². The van der Waals surface area contributed by atoms with Crippen LogP contribution in [0.1, 0.15) is 5.56 Å². The highest BCUT2D eigenvalue weighted by molar-refractivity contribution is 9.10. The summed E-state index contributed by atoms with van der Waals surface area (Å²) >= 11 is 8.08. The maximum absolute atomic E-state index is 5.60. The largest absolute Gasteiger partial charge is 0.398 e. The van der Waals surface area contributed by atoms with Crippen LogP contribution in [0.25, 0.3) is 0 Å². The van der Waals surface area contributed by atoms with E-state index >= 15 is 0 Å². The van der Waals surface area contributed by atoms with E-state index < -0.39 is 0 Å². The molecule has 0 aromatic heterocycles. The molecule has 0 bridgehead atoms. The number of rotatable bonds is 2. The van der Waals surface area contributed by atoms with Crippen molar-refractivity contribution >= 4 is 39.2 Å². The van der Waals surface area contributed by atoms with Gasteiger partial charge in [0, 0.05) is 16.6 Å².